The molecule has 0 bridgehead atoms. The summed E-state index contributed by atoms with van der Waals surface area (Å²) in [5.74, 6) is -0.567. The lowest BCUT2D eigenvalue weighted by molar-refractivity contribution is -0.137. The van der Waals surface area contributed by atoms with Crippen LogP contribution in [-0.4, -0.2) is 15.3 Å². The zero-order chi connectivity index (χ0) is 19.2. The molecule has 0 aliphatic rings. The van der Waals surface area contributed by atoms with E-state index in [2.05, 4.69) is 26.2 Å². The molecule has 0 spiro atoms. The summed E-state index contributed by atoms with van der Waals surface area (Å²) < 4.78 is 41.3. The Morgan fingerprint density at radius 1 is 1.27 bits per heavy atom. The SMILES string of the molecule is Cc1nc2c(C)cc(Br)cn2c1C(=O)Nc1ccc(Cl)c(C(F)(F)F)c1. The predicted molar refractivity (Wildman–Crippen MR) is 96.8 cm³/mol. The number of halogens is 5. The van der Waals surface area contributed by atoms with E-state index in [4.69, 9.17) is 11.6 Å². The number of fused-ring (bicyclic) bond motifs is 1. The second-order valence-electron chi connectivity index (χ2n) is 5.73. The van der Waals surface area contributed by atoms with E-state index in [9.17, 15) is 18.0 Å². The third-order valence-corrected chi connectivity index (χ3v) is 4.55. The highest BCUT2D eigenvalue weighted by Gasteiger charge is 2.33. The van der Waals surface area contributed by atoms with E-state index in [0.717, 1.165) is 22.2 Å². The van der Waals surface area contributed by atoms with E-state index in [1.165, 1.54) is 6.07 Å². The van der Waals surface area contributed by atoms with Crippen LogP contribution in [0.15, 0.2) is 34.9 Å². The molecule has 0 fully saturated rings. The van der Waals surface area contributed by atoms with Crippen LogP contribution >= 0.6 is 27.5 Å². The molecule has 0 saturated carbocycles. The highest BCUT2D eigenvalue weighted by atomic mass is 79.9. The van der Waals surface area contributed by atoms with Gasteiger partial charge in [0.2, 0.25) is 0 Å². The average Bonchev–Trinajstić information content (AvgIpc) is 2.84. The number of benzene rings is 1. The van der Waals surface area contributed by atoms with Gasteiger partial charge in [0.1, 0.15) is 11.3 Å². The third-order valence-electron chi connectivity index (χ3n) is 3.79. The van der Waals surface area contributed by atoms with Gasteiger partial charge in [0, 0.05) is 16.4 Å². The van der Waals surface area contributed by atoms with Crippen molar-refractivity contribution in [2.45, 2.75) is 20.0 Å². The molecule has 1 N–H and O–H groups in total. The number of hydrogen-bond donors (Lipinski definition) is 1. The van der Waals surface area contributed by atoms with Gasteiger partial charge in [-0.15, -0.1) is 0 Å². The number of carbonyl (C=O) groups excluding carboxylic acids is 1. The van der Waals surface area contributed by atoms with E-state index in [-0.39, 0.29) is 11.4 Å². The van der Waals surface area contributed by atoms with Crippen LogP contribution in [0.4, 0.5) is 18.9 Å². The van der Waals surface area contributed by atoms with Gasteiger partial charge < -0.3 is 5.32 Å². The van der Waals surface area contributed by atoms with Crippen molar-refractivity contribution in [3.05, 3.63) is 62.5 Å². The molecule has 26 heavy (non-hydrogen) atoms. The van der Waals surface area contributed by atoms with Crippen molar-refractivity contribution in [2.75, 3.05) is 5.32 Å². The van der Waals surface area contributed by atoms with Gasteiger partial charge in [-0.05, 0) is 59.6 Å². The summed E-state index contributed by atoms with van der Waals surface area (Å²) in [4.78, 5) is 17.0. The Morgan fingerprint density at radius 2 is 1.96 bits per heavy atom. The van der Waals surface area contributed by atoms with Crippen LogP contribution < -0.4 is 5.32 Å². The summed E-state index contributed by atoms with van der Waals surface area (Å²) in [5.41, 5.74) is 1.15. The van der Waals surface area contributed by atoms with Crippen LogP contribution in [0.25, 0.3) is 5.65 Å². The van der Waals surface area contributed by atoms with Gasteiger partial charge in [-0.25, -0.2) is 4.98 Å². The quantitative estimate of drug-likeness (QED) is 0.554. The summed E-state index contributed by atoms with van der Waals surface area (Å²) in [5, 5.41) is 2.05. The lowest BCUT2D eigenvalue weighted by atomic mass is 10.2. The van der Waals surface area contributed by atoms with Gasteiger partial charge in [-0.3, -0.25) is 9.20 Å². The second kappa shape index (κ2) is 6.59. The summed E-state index contributed by atoms with van der Waals surface area (Å²) >= 11 is 8.97. The number of carbonyl (C=O) groups is 1. The Hall–Kier alpha value is -2.06. The predicted octanol–water partition coefficient (Wildman–Crippen LogP) is 5.64. The van der Waals surface area contributed by atoms with Crippen LogP contribution in [-0.2, 0) is 6.18 Å². The number of imidazole rings is 1. The fourth-order valence-corrected chi connectivity index (χ4v) is 3.44. The topological polar surface area (TPSA) is 46.4 Å². The summed E-state index contributed by atoms with van der Waals surface area (Å²) in [6.07, 6.45) is -2.93. The maximum Gasteiger partial charge on any atom is 0.417 e. The minimum Gasteiger partial charge on any atom is -0.321 e. The molecule has 0 aliphatic carbocycles. The molecule has 2 heterocycles. The Labute approximate surface area is 160 Å². The number of nitrogens with zero attached hydrogens (tertiary/aromatic N) is 2. The second-order valence-corrected chi connectivity index (χ2v) is 7.05. The van der Waals surface area contributed by atoms with Crippen LogP contribution in [0.3, 0.4) is 0 Å². The van der Waals surface area contributed by atoms with Crippen LogP contribution in [0, 0.1) is 13.8 Å². The lowest BCUT2D eigenvalue weighted by Gasteiger charge is -2.12. The van der Waals surface area contributed by atoms with Gasteiger partial charge in [0.05, 0.1) is 16.3 Å². The Balaban J connectivity index is 2.02. The number of pyridine rings is 1. The third kappa shape index (κ3) is 3.43. The van der Waals surface area contributed by atoms with Crippen molar-refractivity contribution in [2.24, 2.45) is 0 Å². The van der Waals surface area contributed by atoms with Gasteiger partial charge in [0.15, 0.2) is 0 Å². The smallest absolute Gasteiger partial charge is 0.321 e. The minimum absolute atomic E-state index is 0.00667. The number of aromatic nitrogens is 2. The zero-order valence-corrected chi connectivity index (χ0v) is 15.9. The Morgan fingerprint density at radius 3 is 2.62 bits per heavy atom. The molecule has 0 aliphatic heterocycles. The van der Waals surface area contributed by atoms with Crippen molar-refractivity contribution in [1.82, 2.24) is 9.38 Å². The highest BCUT2D eigenvalue weighted by molar-refractivity contribution is 9.10. The molecular weight excluding hydrogens is 435 g/mol. The molecule has 0 unspecified atom stereocenters. The molecule has 1 amide bonds. The number of aryl methyl sites for hydroxylation is 2. The molecular formula is C17H12BrClF3N3O. The molecule has 0 saturated heterocycles. The molecule has 2 aromatic heterocycles. The van der Waals surface area contributed by atoms with Gasteiger partial charge in [-0.2, -0.15) is 13.2 Å². The molecule has 136 valence electrons. The molecule has 9 heteroatoms. The number of nitrogens with one attached hydrogen (secondary N) is 1. The normalized spacial score (nSPS) is 11.8. The molecule has 3 aromatic rings. The first-order valence-corrected chi connectivity index (χ1v) is 8.58. The first-order chi connectivity index (χ1) is 12.1. The molecule has 3 rings (SSSR count). The number of amides is 1. The van der Waals surface area contributed by atoms with Crippen LogP contribution in [0.2, 0.25) is 5.02 Å². The van der Waals surface area contributed by atoms with E-state index >= 15 is 0 Å². The minimum atomic E-state index is -4.61. The summed E-state index contributed by atoms with van der Waals surface area (Å²) in [6.45, 7) is 3.52. The fraction of sp³-hybridized carbons (Fsp3) is 0.176. The van der Waals surface area contributed by atoms with Crippen molar-refractivity contribution in [3.63, 3.8) is 0 Å². The van der Waals surface area contributed by atoms with E-state index < -0.39 is 22.7 Å². The number of anilines is 1. The standard InChI is InChI=1S/C17H12BrClF3N3O/c1-8-5-10(18)7-25-14(9(2)23-15(8)25)16(26)24-11-3-4-13(19)12(6-11)17(20,21)22/h3-7H,1-2H3,(H,24,26). The summed E-state index contributed by atoms with van der Waals surface area (Å²) in [7, 11) is 0. The highest BCUT2D eigenvalue weighted by Crippen LogP contribution is 2.36. The van der Waals surface area contributed by atoms with Gasteiger partial charge in [-0.1, -0.05) is 11.6 Å². The number of alkyl halides is 3. The molecule has 0 radical (unpaired) electrons. The van der Waals surface area contributed by atoms with Crippen LogP contribution in [0.1, 0.15) is 27.3 Å². The Bertz CT molecular complexity index is 1030. The molecule has 0 atom stereocenters. The molecule has 1 aromatic carbocycles. The van der Waals surface area contributed by atoms with Crippen molar-refractivity contribution in [3.8, 4) is 0 Å². The first kappa shape index (κ1) is 18.7. The fourth-order valence-electron chi connectivity index (χ4n) is 2.67. The largest absolute Gasteiger partial charge is 0.417 e. The number of hydrogen-bond acceptors (Lipinski definition) is 2. The Kier molecular flexibility index (Phi) is 4.74. The lowest BCUT2D eigenvalue weighted by Crippen LogP contribution is -2.16. The number of rotatable bonds is 2. The first-order valence-electron chi connectivity index (χ1n) is 7.41. The van der Waals surface area contributed by atoms with Crippen molar-refractivity contribution < 1.29 is 18.0 Å². The van der Waals surface area contributed by atoms with Gasteiger partial charge >= 0.3 is 6.18 Å². The summed E-state index contributed by atoms with van der Waals surface area (Å²) in [6, 6.07) is 5.08. The van der Waals surface area contributed by atoms with Gasteiger partial charge in [0.25, 0.3) is 5.91 Å². The van der Waals surface area contributed by atoms with Crippen molar-refractivity contribution >= 4 is 44.8 Å². The average molecular weight is 447 g/mol. The maximum atomic E-state index is 13.0. The molecule has 4 nitrogen and oxygen atoms in total. The van der Waals surface area contributed by atoms with E-state index in [1.54, 1.807) is 17.5 Å². The van der Waals surface area contributed by atoms with Crippen LogP contribution in [0.5, 0.6) is 0 Å². The monoisotopic (exact) mass is 445 g/mol. The zero-order valence-electron chi connectivity index (χ0n) is 13.6. The maximum absolute atomic E-state index is 13.0. The van der Waals surface area contributed by atoms with E-state index in [1.807, 2.05) is 13.0 Å². The van der Waals surface area contributed by atoms with E-state index in [0.29, 0.717) is 11.3 Å². The van der Waals surface area contributed by atoms with Crippen molar-refractivity contribution in [1.29, 1.82) is 0 Å².